The summed E-state index contributed by atoms with van der Waals surface area (Å²) in [6.45, 7) is 0.583. The first kappa shape index (κ1) is 14.5. The average Bonchev–Trinajstić information content (AvgIpc) is 2.42. The molecule has 1 unspecified atom stereocenters. The van der Waals surface area contributed by atoms with E-state index in [2.05, 4.69) is 10.0 Å². The molecule has 1 aromatic rings. The number of carbonyl (C=O) groups excluding carboxylic acids is 1. The fourth-order valence-electron chi connectivity index (χ4n) is 2.02. The Hall–Kier alpha value is -1.91. The first-order valence-corrected chi connectivity index (χ1v) is 7.77. The van der Waals surface area contributed by atoms with Crippen LogP contribution >= 0.6 is 0 Å². The molecule has 0 saturated carbocycles. The second-order valence-electron chi connectivity index (χ2n) is 4.59. The summed E-state index contributed by atoms with van der Waals surface area (Å²) in [6.07, 6.45) is 1.48. The number of nitrogens with one attached hydrogen (secondary N) is 2. The highest BCUT2D eigenvalue weighted by molar-refractivity contribution is 7.89. The minimum atomic E-state index is -3.72. The number of amides is 1. The molecule has 6 nitrogen and oxygen atoms in total. The minimum Gasteiger partial charge on any atom is -0.355 e. The van der Waals surface area contributed by atoms with Crippen LogP contribution in [0.1, 0.15) is 18.4 Å². The summed E-state index contributed by atoms with van der Waals surface area (Å²) >= 11 is 0. The highest BCUT2D eigenvalue weighted by atomic mass is 32.2. The zero-order valence-corrected chi connectivity index (χ0v) is 11.6. The summed E-state index contributed by atoms with van der Waals surface area (Å²) in [6, 6.07) is 7.35. The van der Waals surface area contributed by atoms with Crippen LogP contribution in [0.5, 0.6) is 0 Å². The van der Waals surface area contributed by atoms with E-state index in [4.69, 9.17) is 5.26 Å². The Kier molecular flexibility index (Phi) is 4.37. The third-order valence-electron chi connectivity index (χ3n) is 3.10. The molecule has 1 aromatic carbocycles. The smallest absolute Gasteiger partial charge is 0.241 e. The van der Waals surface area contributed by atoms with Gasteiger partial charge in [0.1, 0.15) is 6.04 Å². The predicted octanol–water partition coefficient (Wildman–Crippen LogP) is 0.310. The monoisotopic (exact) mass is 293 g/mol. The third-order valence-corrected chi connectivity index (χ3v) is 4.59. The number of nitriles is 1. The fraction of sp³-hybridized carbons (Fsp3) is 0.385. The topological polar surface area (TPSA) is 99.1 Å². The largest absolute Gasteiger partial charge is 0.355 e. The number of carbonyl (C=O) groups is 1. The Bertz CT molecular complexity index is 632. The van der Waals surface area contributed by atoms with Gasteiger partial charge in [-0.1, -0.05) is 12.1 Å². The van der Waals surface area contributed by atoms with Gasteiger partial charge >= 0.3 is 0 Å². The van der Waals surface area contributed by atoms with Crippen LogP contribution in [0, 0.1) is 11.3 Å². The average molecular weight is 293 g/mol. The van der Waals surface area contributed by atoms with Gasteiger partial charge < -0.3 is 5.32 Å². The normalized spacial score (nSPS) is 19.1. The van der Waals surface area contributed by atoms with Gasteiger partial charge in [0.05, 0.1) is 17.4 Å². The van der Waals surface area contributed by atoms with Gasteiger partial charge in [0.15, 0.2) is 0 Å². The van der Waals surface area contributed by atoms with Crippen molar-refractivity contribution in [3.05, 3.63) is 29.8 Å². The standard InChI is InChI=1S/C13H15N3O3S/c14-8-7-10-3-5-11(6-4-10)20(18,19)16-12-2-1-9-15-13(12)17/h3-6,12,16H,1-2,7,9H2,(H,15,17). The van der Waals surface area contributed by atoms with Gasteiger partial charge in [0, 0.05) is 6.54 Å². The molecule has 0 spiro atoms. The molecule has 1 atom stereocenters. The van der Waals surface area contributed by atoms with Crippen LogP contribution in [0.25, 0.3) is 0 Å². The molecule has 2 N–H and O–H groups in total. The Morgan fingerprint density at radius 1 is 1.35 bits per heavy atom. The van der Waals surface area contributed by atoms with E-state index in [-0.39, 0.29) is 17.2 Å². The van der Waals surface area contributed by atoms with Crippen LogP contribution in [0.2, 0.25) is 0 Å². The molecule has 1 heterocycles. The summed E-state index contributed by atoms with van der Waals surface area (Å²) in [5.74, 6) is -0.291. The lowest BCUT2D eigenvalue weighted by Gasteiger charge is -2.22. The molecular formula is C13H15N3O3S. The molecule has 20 heavy (non-hydrogen) atoms. The Balaban J connectivity index is 2.13. The quantitative estimate of drug-likeness (QED) is 0.834. The van der Waals surface area contributed by atoms with Crippen molar-refractivity contribution < 1.29 is 13.2 Å². The van der Waals surface area contributed by atoms with Crippen molar-refractivity contribution in [3.63, 3.8) is 0 Å². The molecule has 0 radical (unpaired) electrons. The molecule has 1 aliphatic rings. The maximum atomic E-state index is 12.2. The second kappa shape index (κ2) is 6.03. The Morgan fingerprint density at radius 2 is 2.05 bits per heavy atom. The molecule has 106 valence electrons. The summed E-state index contributed by atoms with van der Waals surface area (Å²) < 4.78 is 26.7. The number of benzene rings is 1. The van der Waals surface area contributed by atoms with Crippen LogP contribution in [-0.4, -0.2) is 26.9 Å². The van der Waals surface area contributed by atoms with Crippen molar-refractivity contribution in [2.24, 2.45) is 0 Å². The molecule has 1 amide bonds. The van der Waals surface area contributed by atoms with Gasteiger partial charge in [-0.25, -0.2) is 8.42 Å². The summed E-state index contributed by atoms with van der Waals surface area (Å²) in [5, 5.41) is 11.2. The van der Waals surface area contributed by atoms with E-state index in [1.54, 1.807) is 12.1 Å². The van der Waals surface area contributed by atoms with Crippen molar-refractivity contribution in [3.8, 4) is 6.07 Å². The number of sulfonamides is 1. The van der Waals surface area contributed by atoms with E-state index in [0.717, 1.165) is 12.0 Å². The number of hydrogen-bond donors (Lipinski definition) is 2. The minimum absolute atomic E-state index is 0.0950. The molecule has 7 heteroatoms. The van der Waals surface area contributed by atoms with E-state index < -0.39 is 16.1 Å². The van der Waals surface area contributed by atoms with E-state index >= 15 is 0 Å². The van der Waals surface area contributed by atoms with Crippen LogP contribution < -0.4 is 10.0 Å². The third kappa shape index (κ3) is 3.35. The predicted molar refractivity (Wildman–Crippen MR) is 72.1 cm³/mol. The molecule has 0 aliphatic carbocycles. The highest BCUT2D eigenvalue weighted by Crippen LogP contribution is 2.13. The van der Waals surface area contributed by atoms with Gasteiger partial charge in [-0.05, 0) is 30.5 Å². The van der Waals surface area contributed by atoms with Gasteiger partial charge in [-0.15, -0.1) is 0 Å². The molecular weight excluding hydrogens is 278 g/mol. The van der Waals surface area contributed by atoms with Crippen molar-refractivity contribution in [2.75, 3.05) is 6.54 Å². The molecule has 2 rings (SSSR count). The van der Waals surface area contributed by atoms with Gasteiger partial charge in [-0.2, -0.15) is 9.98 Å². The van der Waals surface area contributed by atoms with Crippen molar-refractivity contribution in [1.82, 2.24) is 10.0 Å². The molecule has 0 aromatic heterocycles. The van der Waals surface area contributed by atoms with Gasteiger partial charge in [0.2, 0.25) is 15.9 Å². The molecule has 0 bridgehead atoms. The van der Waals surface area contributed by atoms with Crippen LogP contribution in [-0.2, 0) is 21.2 Å². The summed E-state index contributed by atoms with van der Waals surface area (Å²) in [4.78, 5) is 11.7. The first-order chi connectivity index (χ1) is 9.53. The summed E-state index contributed by atoms with van der Waals surface area (Å²) in [7, 11) is -3.72. The molecule has 1 fully saturated rings. The fourth-order valence-corrected chi connectivity index (χ4v) is 3.25. The van der Waals surface area contributed by atoms with Crippen LogP contribution in [0.3, 0.4) is 0 Å². The number of rotatable bonds is 4. The zero-order chi connectivity index (χ0) is 14.6. The van der Waals surface area contributed by atoms with Gasteiger partial charge in [-0.3, -0.25) is 4.79 Å². The Labute approximate surface area is 117 Å². The number of hydrogen-bond acceptors (Lipinski definition) is 4. The molecule has 1 saturated heterocycles. The lowest BCUT2D eigenvalue weighted by atomic mass is 10.1. The Morgan fingerprint density at radius 3 is 2.65 bits per heavy atom. The summed E-state index contributed by atoms with van der Waals surface area (Å²) in [5.41, 5.74) is 0.752. The zero-order valence-electron chi connectivity index (χ0n) is 10.8. The van der Waals surface area contributed by atoms with Crippen LogP contribution in [0.15, 0.2) is 29.2 Å². The van der Waals surface area contributed by atoms with E-state index in [1.165, 1.54) is 12.1 Å². The van der Waals surface area contributed by atoms with Crippen molar-refractivity contribution in [2.45, 2.75) is 30.2 Å². The van der Waals surface area contributed by atoms with E-state index in [9.17, 15) is 13.2 Å². The first-order valence-electron chi connectivity index (χ1n) is 6.29. The van der Waals surface area contributed by atoms with E-state index in [0.29, 0.717) is 13.0 Å². The lowest BCUT2D eigenvalue weighted by molar-refractivity contribution is -0.124. The number of nitrogens with zero attached hydrogens (tertiary/aromatic N) is 1. The second-order valence-corrected chi connectivity index (χ2v) is 6.30. The van der Waals surface area contributed by atoms with Crippen LogP contribution in [0.4, 0.5) is 0 Å². The van der Waals surface area contributed by atoms with Crippen molar-refractivity contribution >= 4 is 15.9 Å². The van der Waals surface area contributed by atoms with E-state index in [1.807, 2.05) is 6.07 Å². The molecule has 1 aliphatic heterocycles. The van der Waals surface area contributed by atoms with Crippen molar-refractivity contribution in [1.29, 1.82) is 5.26 Å². The number of piperidine rings is 1. The van der Waals surface area contributed by atoms with Gasteiger partial charge in [0.25, 0.3) is 0 Å². The maximum Gasteiger partial charge on any atom is 0.241 e. The SMILES string of the molecule is N#CCc1ccc(S(=O)(=O)NC2CCCNC2=O)cc1. The lowest BCUT2D eigenvalue weighted by Crippen LogP contribution is -2.50. The highest BCUT2D eigenvalue weighted by Gasteiger charge is 2.27. The maximum absolute atomic E-state index is 12.2.